The monoisotopic (exact) mass is 696 g/mol. The second kappa shape index (κ2) is 13.9. The summed E-state index contributed by atoms with van der Waals surface area (Å²) < 4.78 is 17.4. The quantitative estimate of drug-likeness (QED) is 0.209. The van der Waals surface area contributed by atoms with Crippen molar-refractivity contribution >= 4 is 17.8 Å². The number of amides is 2. The van der Waals surface area contributed by atoms with Crippen LogP contribution in [0.4, 0.5) is 10.6 Å². The van der Waals surface area contributed by atoms with E-state index in [0.29, 0.717) is 49.9 Å². The SMILES string of the molecule is CCC(C)(C)c1nc(-c2ccnc(N(CC34CCC(c5ccc(OC)c(C)c5)(CC3)CC4)C(=O)C3CCC(OC(=O)N4CC(C)C4)CC3)c2)co1. The number of benzene rings is 1. The second-order valence-corrected chi connectivity index (χ2v) is 16.9. The van der Waals surface area contributed by atoms with Crippen LogP contribution >= 0.6 is 0 Å². The number of hydrogen-bond donors (Lipinski definition) is 0. The number of aromatic nitrogens is 2. The number of rotatable bonds is 10. The molecule has 1 aromatic carbocycles. The van der Waals surface area contributed by atoms with Crippen LogP contribution in [0.1, 0.15) is 115 Å². The van der Waals surface area contributed by atoms with Crippen molar-refractivity contribution in [3.8, 4) is 17.0 Å². The van der Waals surface area contributed by atoms with Crippen LogP contribution in [0.25, 0.3) is 11.3 Å². The van der Waals surface area contributed by atoms with E-state index in [9.17, 15) is 9.59 Å². The molecular weight excluding hydrogens is 640 g/mol. The third kappa shape index (κ3) is 7.02. The molecule has 51 heavy (non-hydrogen) atoms. The number of pyridine rings is 1. The van der Waals surface area contributed by atoms with Gasteiger partial charge >= 0.3 is 6.09 Å². The minimum absolute atomic E-state index is 0.0455. The lowest BCUT2D eigenvalue weighted by atomic mass is 9.51. The number of ether oxygens (including phenoxy) is 2. The van der Waals surface area contributed by atoms with E-state index in [1.165, 1.54) is 11.1 Å². The molecule has 0 spiro atoms. The molecule has 274 valence electrons. The molecule has 9 heteroatoms. The Morgan fingerprint density at radius 1 is 1.02 bits per heavy atom. The highest BCUT2D eigenvalue weighted by Crippen LogP contribution is 2.58. The molecule has 8 rings (SSSR count). The van der Waals surface area contributed by atoms with Crippen LogP contribution in [0.5, 0.6) is 5.75 Å². The Morgan fingerprint density at radius 2 is 1.73 bits per heavy atom. The van der Waals surface area contributed by atoms with E-state index < -0.39 is 0 Å². The molecule has 5 fully saturated rings. The molecular formula is C42H56N4O5. The van der Waals surface area contributed by atoms with E-state index in [1.807, 2.05) is 17.0 Å². The fraction of sp³-hybridized carbons (Fsp3) is 0.619. The molecule has 0 atom stereocenters. The highest BCUT2D eigenvalue weighted by Gasteiger charge is 2.51. The average molecular weight is 697 g/mol. The summed E-state index contributed by atoms with van der Waals surface area (Å²) in [5.41, 5.74) is 4.33. The number of oxazole rings is 1. The summed E-state index contributed by atoms with van der Waals surface area (Å²) in [6.07, 6.45) is 13.5. The minimum Gasteiger partial charge on any atom is -0.496 e. The maximum absolute atomic E-state index is 14.7. The molecule has 2 amide bonds. The Morgan fingerprint density at radius 3 is 2.35 bits per heavy atom. The van der Waals surface area contributed by atoms with Gasteiger partial charge in [0.2, 0.25) is 5.91 Å². The van der Waals surface area contributed by atoms with E-state index in [1.54, 1.807) is 24.5 Å². The maximum atomic E-state index is 14.7. The molecule has 0 radical (unpaired) electrons. The summed E-state index contributed by atoms with van der Waals surface area (Å²) in [7, 11) is 1.73. The molecule has 5 aliphatic rings. The first kappa shape index (κ1) is 35.5. The van der Waals surface area contributed by atoms with Gasteiger partial charge in [-0.25, -0.2) is 14.8 Å². The summed E-state index contributed by atoms with van der Waals surface area (Å²) in [6.45, 7) is 12.9. The van der Waals surface area contributed by atoms with Crippen molar-refractivity contribution in [2.24, 2.45) is 17.3 Å². The number of methoxy groups -OCH3 is 1. The molecule has 0 N–H and O–H groups in total. The molecule has 4 saturated carbocycles. The zero-order valence-electron chi connectivity index (χ0n) is 31.5. The zero-order valence-corrected chi connectivity index (χ0v) is 31.5. The Kier molecular flexibility index (Phi) is 9.70. The van der Waals surface area contributed by atoms with E-state index in [2.05, 4.69) is 52.8 Å². The molecule has 2 aromatic heterocycles. The predicted molar refractivity (Wildman–Crippen MR) is 198 cm³/mol. The van der Waals surface area contributed by atoms with Crippen LogP contribution < -0.4 is 9.64 Å². The lowest BCUT2D eigenvalue weighted by Gasteiger charge is -2.55. The lowest BCUT2D eigenvalue weighted by molar-refractivity contribution is -0.124. The normalized spacial score (nSPS) is 26.4. The third-order valence-corrected chi connectivity index (χ3v) is 13.1. The zero-order chi connectivity index (χ0) is 36.0. The summed E-state index contributed by atoms with van der Waals surface area (Å²) in [5, 5.41) is 0. The Labute approximate surface area is 303 Å². The fourth-order valence-corrected chi connectivity index (χ4v) is 9.06. The van der Waals surface area contributed by atoms with Gasteiger partial charge in [0.25, 0.3) is 0 Å². The fourth-order valence-electron chi connectivity index (χ4n) is 9.06. The van der Waals surface area contributed by atoms with Gasteiger partial charge in [0.1, 0.15) is 29.6 Å². The van der Waals surface area contributed by atoms with Gasteiger partial charge in [0, 0.05) is 42.7 Å². The highest BCUT2D eigenvalue weighted by atomic mass is 16.6. The number of fused-ring (bicyclic) bond motifs is 3. The van der Waals surface area contributed by atoms with E-state index in [-0.39, 0.29) is 40.3 Å². The van der Waals surface area contributed by atoms with Gasteiger partial charge in [-0.15, -0.1) is 0 Å². The van der Waals surface area contributed by atoms with E-state index in [0.717, 1.165) is 75.0 Å². The van der Waals surface area contributed by atoms with Crippen LogP contribution in [0.3, 0.4) is 0 Å². The van der Waals surface area contributed by atoms with Gasteiger partial charge < -0.3 is 18.8 Å². The number of likely N-dealkylation sites (tertiary alicyclic amines) is 1. The van der Waals surface area contributed by atoms with Gasteiger partial charge in [0.15, 0.2) is 5.89 Å². The number of hydrogen-bond acceptors (Lipinski definition) is 7. The topological polar surface area (TPSA) is 98.0 Å². The Balaban J connectivity index is 1.11. The molecule has 1 aliphatic heterocycles. The van der Waals surface area contributed by atoms with Gasteiger partial charge in [-0.1, -0.05) is 39.8 Å². The first-order valence-corrected chi connectivity index (χ1v) is 19.3. The molecule has 3 heterocycles. The summed E-state index contributed by atoms with van der Waals surface area (Å²) in [4.78, 5) is 40.8. The maximum Gasteiger partial charge on any atom is 0.410 e. The Hall–Kier alpha value is -3.88. The van der Waals surface area contributed by atoms with Crippen LogP contribution in [0.15, 0.2) is 47.2 Å². The van der Waals surface area contributed by atoms with Crippen molar-refractivity contribution in [1.82, 2.24) is 14.9 Å². The number of nitrogens with zero attached hydrogens (tertiary/aromatic N) is 4. The van der Waals surface area contributed by atoms with Crippen molar-refractivity contribution in [3.63, 3.8) is 0 Å². The number of carbonyl (C=O) groups is 2. The standard InChI is InChI=1S/C42H56N4O5/c1-7-40(4,5)38-44-34(26-50-38)31-14-21-43-36(23-31)46(37(47)30-8-11-33(12-9-30)51-39(48)45-24-28(2)25-45)27-41-15-18-42(19-16-41,20-17-41)32-10-13-35(49-6)29(3)22-32/h10,13-14,21-23,26,28,30,33H,7-9,11-12,15-20,24-25,27H2,1-6H3. The largest absolute Gasteiger partial charge is 0.496 e. The smallest absolute Gasteiger partial charge is 0.410 e. The van der Waals surface area contributed by atoms with Gasteiger partial charge in [0.05, 0.1) is 7.11 Å². The average Bonchev–Trinajstić information content (AvgIpc) is 3.65. The molecule has 0 unspecified atom stereocenters. The van der Waals surface area contributed by atoms with Crippen molar-refractivity contribution in [2.75, 3.05) is 31.6 Å². The summed E-state index contributed by atoms with van der Waals surface area (Å²) >= 11 is 0. The highest BCUT2D eigenvalue weighted by molar-refractivity contribution is 5.95. The minimum atomic E-state index is -0.210. The van der Waals surface area contributed by atoms with Crippen LogP contribution in [-0.4, -0.2) is 59.7 Å². The van der Waals surface area contributed by atoms with Crippen molar-refractivity contribution in [3.05, 3.63) is 59.8 Å². The predicted octanol–water partition coefficient (Wildman–Crippen LogP) is 9.01. The number of aryl methyl sites for hydroxylation is 1. The number of carbonyl (C=O) groups excluding carboxylic acids is 2. The molecule has 9 nitrogen and oxygen atoms in total. The van der Waals surface area contributed by atoms with Crippen LogP contribution in [-0.2, 0) is 20.4 Å². The van der Waals surface area contributed by atoms with Crippen LogP contribution in [0, 0.1) is 24.2 Å². The molecule has 4 aliphatic carbocycles. The molecule has 2 bridgehead atoms. The molecule has 3 aromatic rings. The van der Waals surface area contributed by atoms with E-state index >= 15 is 0 Å². The van der Waals surface area contributed by atoms with Crippen LogP contribution in [0.2, 0.25) is 0 Å². The molecule has 1 saturated heterocycles. The summed E-state index contributed by atoms with van der Waals surface area (Å²) in [6, 6.07) is 10.7. The number of anilines is 1. The van der Waals surface area contributed by atoms with Crippen molar-refractivity contribution < 1.29 is 23.5 Å². The second-order valence-electron chi connectivity index (χ2n) is 16.9. The van der Waals surface area contributed by atoms with Gasteiger partial charge in [-0.3, -0.25) is 9.69 Å². The third-order valence-electron chi connectivity index (χ3n) is 13.1. The Bertz CT molecular complexity index is 1710. The van der Waals surface area contributed by atoms with E-state index in [4.69, 9.17) is 23.9 Å². The summed E-state index contributed by atoms with van der Waals surface area (Å²) in [5.74, 6) is 2.87. The first-order valence-electron chi connectivity index (χ1n) is 19.3. The lowest BCUT2D eigenvalue weighted by Crippen LogP contribution is -2.52. The first-order chi connectivity index (χ1) is 24.4. The van der Waals surface area contributed by atoms with Crippen molar-refractivity contribution in [2.45, 2.75) is 122 Å². The van der Waals surface area contributed by atoms with Crippen molar-refractivity contribution in [1.29, 1.82) is 0 Å². The van der Waals surface area contributed by atoms with Gasteiger partial charge in [-0.2, -0.15) is 0 Å². The van der Waals surface area contributed by atoms with Gasteiger partial charge in [-0.05, 0) is 124 Å².